The summed E-state index contributed by atoms with van der Waals surface area (Å²) in [6, 6.07) is 8.06. The van der Waals surface area contributed by atoms with E-state index in [0.717, 1.165) is 11.4 Å². The average molecular weight is 174 g/mol. The van der Waals surface area contributed by atoms with Crippen LogP contribution in [0.1, 0.15) is 12.5 Å². The summed E-state index contributed by atoms with van der Waals surface area (Å²) in [6.07, 6.45) is 0. The van der Waals surface area contributed by atoms with E-state index in [1.807, 2.05) is 38.1 Å². The molecule has 0 spiro atoms. The predicted molar refractivity (Wildman–Crippen MR) is 58.0 cm³/mol. The summed E-state index contributed by atoms with van der Waals surface area (Å²) in [5.74, 6) is 0. The van der Waals surface area contributed by atoms with Crippen LogP contribution >= 0.6 is 0 Å². The molecule has 0 saturated carbocycles. The van der Waals surface area contributed by atoms with Crippen molar-refractivity contribution >= 4 is 12.4 Å². The third kappa shape index (κ3) is 2.18. The van der Waals surface area contributed by atoms with Crippen LogP contribution < -0.4 is 5.01 Å². The van der Waals surface area contributed by atoms with E-state index in [1.54, 1.807) is 5.01 Å². The summed E-state index contributed by atoms with van der Waals surface area (Å²) >= 11 is 0. The summed E-state index contributed by atoms with van der Waals surface area (Å²) < 4.78 is 0. The molecule has 13 heavy (non-hydrogen) atoms. The lowest BCUT2D eigenvalue weighted by Gasteiger charge is -2.18. The molecular weight excluding hydrogens is 160 g/mol. The SMILES string of the molecule is C=NN(C(=C)C)c1cccc(C)c1. The first-order valence-corrected chi connectivity index (χ1v) is 4.14. The van der Waals surface area contributed by atoms with Crippen LogP contribution in [0, 0.1) is 6.92 Å². The van der Waals surface area contributed by atoms with Crippen molar-refractivity contribution in [3.8, 4) is 0 Å². The highest BCUT2D eigenvalue weighted by molar-refractivity contribution is 5.53. The predicted octanol–water partition coefficient (Wildman–Crippen LogP) is 2.95. The summed E-state index contributed by atoms with van der Waals surface area (Å²) in [4.78, 5) is 0. The Bertz CT molecular complexity index is 329. The molecule has 0 radical (unpaired) electrons. The Morgan fingerprint density at radius 2 is 2.15 bits per heavy atom. The van der Waals surface area contributed by atoms with Gasteiger partial charge in [-0.15, -0.1) is 0 Å². The molecule has 1 rings (SSSR count). The fraction of sp³-hybridized carbons (Fsp3) is 0.182. The molecule has 2 nitrogen and oxygen atoms in total. The van der Waals surface area contributed by atoms with Crippen LogP contribution in [0.2, 0.25) is 0 Å². The first-order chi connectivity index (χ1) is 6.15. The Kier molecular flexibility index (Phi) is 2.85. The number of benzene rings is 1. The van der Waals surface area contributed by atoms with Crippen LogP contribution in [0.15, 0.2) is 41.6 Å². The van der Waals surface area contributed by atoms with Crippen molar-refractivity contribution in [1.82, 2.24) is 0 Å². The highest BCUT2D eigenvalue weighted by Crippen LogP contribution is 2.19. The van der Waals surface area contributed by atoms with Crippen LogP contribution in [0.25, 0.3) is 0 Å². The van der Waals surface area contributed by atoms with Gasteiger partial charge in [0.1, 0.15) is 0 Å². The Balaban J connectivity index is 3.04. The highest BCUT2D eigenvalue weighted by atomic mass is 15.4. The van der Waals surface area contributed by atoms with Gasteiger partial charge < -0.3 is 0 Å². The lowest BCUT2D eigenvalue weighted by atomic mass is 10.2. The number of allylic oxidation sites excluding steroid dienone is 1. The third-order valence-corrected chi connectivity index (χ3v) is 1.75. The van der Waals surface area contributed by atoms with E-state index >= 15 is 0 Å². The van der Waals surface area contributed by atoms with Crippen LogP contribution in [0.4, 0.5) is 5.69 Å². The molecule has 0 atom stereocenters. The molecule has 0 N–H and O–H groups in total. The molecule has 0 aliphatic heterocycles. The molecule has 68 valence electrons. The van der Waals surface area contributed by atoms with Gasteiger partial charge >= 0.3 is 0 Å². The van der Waals surface area contributed by atoms with Gasteiger partial charge in [-0.25, -0.2) is 5.01 Å². The maximum atomic E-state index is 3.88. The van der Waals surface area contributed by atoms with Gasteiger partial charge in [0.2, 0.25) is 0 Å². The number of hydrogen-bond acceptors (Lipinski definition) is 2. The average Bonchev–Trinajstić information content (AvgIpc) is 2.04. The topological polar surface area (TPSA) is 15.6 Å². The van der Waals surface area contributed by atoms with Crippen molar-refractivity contribution in [2.45, 2.75) is 13.8 Å². The van der Waals surface area contributed by atoms with Gasteiger partial charge in [-0.3, -0.25) is 0 Å². The van der Waals surface area contributed by atoms with Gasteiger partial charge in [-0.1, -0.05) is 18.7 Å². The van der Waals surface area contributed by atoms with Gasteiger partial charge in [0.15, 0.2) is 0 Å². The van der Waals surface area contributed by atoms with Crippen molar-refractivity contribution in [1.29, 1.82) is 0 Å². The molecule has 0 heterocycles. The van der Waals surface area contributed by atoms with Gasteiger partial charge in [0, 0.05) is 12.4 Å². The minimum absolute atomic E-state index is 0.862. The summed E-state index contributed by atoms with van der Waals surface area (Å²) in [5.41, 5.74) is 3.07. The molecule has 1 aromatic carbocycles. The van der Waals surface area contributed by atoms with E-state index in [0.29, 0.717) is 0 Å². The van der Waals surface area contributed by atoms with Crippen molar-refractivity contribution < 1.29 is 0 Å². The van der Waals surface area contributed by atoms with Gasteiger partial charge in [-0.2, -0.15) is 5.10 Å². The molecular formula is C11H14N2. The Labute approximate surface area is 79.2 Å². The van der Waals surface area contributed by atoms with E-state index in [4.69, 9.17) is 0 Å². The van der Waals surface area contributed by atoms with E-state index in [9.17, 15) is 0 Å². The smallest absolute Gasteiger partial charge is 0.0650 e. The lowest BCUT2D eigenvalue weighted by Crippen LogP contribution is -2.11. The van der Waals surface area contributed by atoms with E-state index in [-0.39, 0.29) is 0 Å². The number of hydrogen-bond donors (Lipinski definition) is 0. The zero-order valence-corrected chi connectivity index (χ0v) is 8.12. The second-order valence-corrected chi connectivity index (χ2v) is 3.03. The van der Waals surface area contributed by atoms with Crippen LogP contribution in [0.5, 0.6) is 0 Å². The molecule has 0 aromatic heterocycles. The maximum Gasteiger partial charge on any atom is 0.0650 e. The lowest BCUT2D eigenvalue weighted by molar-refractivity contribution is 1.01. The van der Waals surface area contributed by atoms with E-state index in [2.05, 4.69) is 18.4 Å². The maximum absolute atomic E-state index is 3.88. The van der Waals surface area contributed by atoms with E-state index in [1.165, 1.54) is 5.56 Å². The molecule has 0 aliphatic rings. The molecule has 0 fully saturated rings. The number of rotatable bonds is 3. The zero-order chi connectivity index (χ0) is 9.84. The van der Waals surface area contributed by atoms with Crippen LogP contribution in [-0.2, 0) is 0 Å². The minimum atomic E-state index is 0.862. The molecule has 2 heteroatoms. The third-order valence-electron chi connectivity index (χ3n) is 1.75. The quantitative estimate of drug-likeness (QED) is 0.508. The second-order valence-electron chi connectivity index (χ2n) is 3.03. The minimum Gasteiger partial charge on any atom is -0.239 e. The molecule has 0 aliphatic carbocycles. The standard InChI is InChI=1S/C11H14N2/c1-9(2)13(12-4)11-7-5-6-10(3)8-11/h5-8H,1,4H2,2-3H3. The second kappa shape index (κ2) is 3.90. The molecule has 0 amide bonds. The molecule has 0 unspecified atom stereocenters. The number of hydrazone groups is 1. The summed E-state index contributed by atoms with van der Waals surface area (Å²) in [7, 11) is 0. The summed E-state index contributed by atoms with van der Waals surface area (Å²) in [5, 5.41) is 5.60. The highest BCUT2D eigenvalue weighted by Gasteiger charge is 2.03. The Morgan fingerprint density at radius 3 is 2.62 bits per heavy atom. The molecule has 0 bridgehead atoms. The summed E-state index contributed by atoms with van der Waals surface area (Å²) in [6.45, 7) is 11.3. The van der Waals surface area contributed by atoms with Crippen molar-refractivity contribution in [3.05, 3.63) is 42.1 Å². The van der Waals surface area contributed by atoms with Crippen molar-refractivity contribution in [2.24, 2.45) is 5.10 Å². The van der Waals surface area contributed by atoms with Crippen LogP contribution in [0.3, 0.4) is 0 Å². The fourth-order valence-electron chi connectivity index (χ4n) is 1.18. The molecule has 0 saturated heterocycles. The van der Waals surface area contributed by atoms with Gasteiger partial charge in [0.25, 0.3) is 0 Å². The van der Waals surface area contributed by atoms with Gasteiger partial charge in [-0.05, 0) is 31.5 Å². The van der Waals surface area contributed by atoms with Crippen molar-refractivity contribution in [3.63, 3.8) is 0 Å². The Morgan fingerprint density at radius 1 is 1.46 bits per heavy atom. The van der Waals surface area contributed by atoms with Crippen LogP contribution in [-0.4, -0.2) is 6.72 Å². The first-order valence-electron chi connectivity index (χ1n) is 4.14. The zero-order valence-electron chi connectivity index (χ0n) is 8.12. The monoisotopic (exact) mass is 174 g/mol. The largest absolute Gasteiger partial charge is 0.239 e. The van der Waals surface area contributed by atoms with E-state index < -0.39 is 0 Å². The Hall–Kier alpha value is -1.57. The normalized spacial score (nSPS) is 9.38. The van der Waals surface area contributed by atoms with Crippen molar-refractivity contribution in [2.75, 3.05) is 5.01 Å². The number of aryl methyl sites for hydroxylation is 1. The van der Waals surface area contributed by atoms with Gasteiger partial charge in [0.05, 0.1) is 5.69 Å². The number of nitrogens with zero attached hydrogens (tertiary/aromatic N) is 2. The molecule has 1 aromatic rings. The first kappa shape index (κ1) is 9.52. The fourth-order valence-corrected chi connectivity index (χ4v) is 1.18. The number of anilines is 1.